The molecule has 0 fully saturated rings. The number of imidazole rings is 1. The summed E-state index contributed by atoms with van der Waals surface area (Å²) in [6.07, 6.45) is 1.79. The molecule has 0 radical (unpaired) electrons. The lowest BCUT2D eigenvalue weighted by atomic mass is 10.1. The lowest BCUT2D eigenvalue weighted by molar-refractivity contribution is 0.306. The standard InChI is InChI=1S/C24H16N4O/c25-14-18-5-7-19(8-6-18)16-29-21-11-9-17(10-12-21)13-20(15-26)24-27-22-3-1-2-4-23(22)28-24/h1-13H,16H2,(H,27,28). The average Bonchev–Trinajstić information content (AvgIpc) is 3.21. The summed E-state index contributed by atoms with van der Waals surface area (Å²) in [7, 11) is 0. The monoisotopic (exact) mass is 376 g/mol. The van der Waals surface area contributed by atoms with E-state index in [1.54, 1.807) is 18.2 Å². The van der Waals surface area contributed by atoms with Gasteiger partial charge in [0.25, 0.3) is 0 Å². The van der Waals surface area contributed by atoms with Crippen molar-refractivity contribution in [1.29, 1.82) is 10.5 Å². The molecule has 0 amide bonds. The van der Waals surface area contributed by atoms with E-state index < -0.39 is 0 Å². The highest BCUT2D eigenvalue weighted by molar-refractivity contribution is 5.90. The first-order valence-corrected chi connectivity index (χ1v) is 9.04. The largest absolute Gasteiger partial charge is 0.489 e. The van der Waals surface area contributed by atoms with Gasteiger partial charge in [0.15, 0.2) is 0 Å². The zero-order valence-corrected chi connectivity index (χ0v) is 15.5. The van der Waals surface area contributed by atoms with Crippen molar-refractivity contribution >= 4 is 22.7 Å². The van der Waals surface area contributed by atoms with Crippen LogP contribution < -0.4 is 4.74 Å². The molecule has 3 aromatic carbocycles. The van der Waals surface area contributed by atoms with E-state index in [-0.39, 0.29) is 0 Å². The van der Waals surface area contributed by atoms with Gasteiger partial charge in [-0.1, -0.05) is 36.4 Å². The number of benzene rings is 3. The second-order valence-electron chi connectivity index (χ2n) is 6.44. The first kappa shape index (κ1) is 18.0. The lowest BCUT2D eigenvalue weighted by Crippen LogP contribution is -1.95. The van der Waals surface area contributed by atoms with Gasteiger partial charge in [0.2, 0.25) is 0 Å². The van der Waals surface area contributed by atoms with Gasteiger partial charge in [0.1, 0.15) is 24.3 Å². The fraction of sp³-hybridized carbons (Fsp3) is 0.0417. The number of fused-ring (bicyclic) bond motifs is 1. The van der Waals surface area contributed by atoms with Gasteiger partial charge in [0, 0.05) is 0 Å². The Kier molecular flexibility index (Phi) is 5.05. The molecule has 4 aromatic rings. The summed E-state index contributed by atoms with van der Waals surface area (Å²) in [4.78, 5) is 7.66. The van der Waals surface area contributed by atoms with Gasteiger partial charge in [-0.25, -0.2) is 4.98 Å². The third kappa shape index (κ3) is 4.16. The summed E-state index contributed by atoms with van der Waals surface area (Å²) in [6, 6.07) is 26.8. The molecule has 0 unspecified atom stereocenters. The number of allylic oxidation sites excluding steroid dienone is 1. The van der Waals surface area contributed by atoms with Gasteiger partial charge < -0.3 is 9.72 Å². The Bertz CT molecular complexity index is 1220. The molecule has 0 aliphatic carbocycles. The summed E-state index contributed by atoms with van der Waals surface area (Å²) < 4.78 is 5.79. The second-order valence-corrected chi connectivity index (χ2v) is 6.44. The van der Waals surface area contributed by atoms with Crippen LogP contribution in [-0.4, -0.2) is 9.97 Å². The molecule has 0 atom stereocenters. The van der Waals surface area contributed by atoms with E-state index in [0.717, 1.165) is 27.9 Å². The number of aromatic amines is 1. The van der Waals surface area contributed by atoms with E-state index in [1.807, 2.05) is 60.7 Å². The van der Waals surface area contributed by atoms with Crippen molar-refractivity contribution in [3.05, 3.63) is 95.3 Å². The molecule has 4 rings (SSSR count). The van der Waals surface area contributed by atoms with E-state index in [4.69, 9.17) is 10.00 Å². The van der Waals surface area contributed by atoms with E-state index in [1.165, 1.54) is 0 Å². The van der Waals surface area contributed by atoms with E-state index in [2.05, 4.69) is 22.1 Å². The molecule has 0 aliphatic rings. The van der Waals surface area contributed by atoms with Crippen LogP contribution in [0.1, 0.15) is 22.5 Å². The number of nitriles is 2. The molecule has 5 heteroatoms. The quantitative estimate of drug-likeness (QED) is 0.492. The molecule has 0 saturated carbocycles. The maximum absolute atomic E-state index is 9.55. The van der Waals surface area contributed by atoms with E-state index in [0.29, 0.717) is 23.6 Å². The number of aromatic nitrogens is 2. The zero-order valence-electron chi connectivity index (χ0n) is 15.5. The Balaban J connectivity index is 1.47. The predicted molar refractivity (Wildman–Crippen MR) is 112 cm³/mol. The van der Waals surface area contributed by atoms with Crippen LogP contribution in [0.2, 0.25) is 0 Å². The minimum Gasteiger partial charge on any atom is -0.489 e. The number of ether oxygens (including phenoxy) is 1. The van der Waals surface area contributed by atoms with Crippen LogP contribution in [0, 0.1) is 22.7 Å². The van der Waals surface area contributed by atoms with E-state index >= 15 is 0 Å². The van der Waals surface area contributed by atoms with Crippen LogP contribution in [-0.2, 0) is 6.61 Å². The van der Waals surface area contributed by atoms with Crippen molar-refractivity contribution in [1.82, 2.24) is 9.97 Å². The van der Waals surface area contributed by atoms with Crippen LogP contribution in [0.4, 0.5) is 0 Å². The first-order chi connectivity index (χ1) is 14.2. The number of nitrogens with zero attached hydrogens (tertiary/aromatic N) is 3. The third-order valence-electron chi connectivity index (χ3n) is 4.44. The summed E-state index contributed by atoms with van der Waals surface area (Å²) in [5, 5.41) is 18.4. The highest BCUT2D eigenvalue weighted by Crippen LogP contribution is 2.21. The van der Waals surface area contributed by atoms with Crippen molar-refractivity contribution in [3.63, 3.8) is 0 Å². The minimum absolute atomic E-state index is 0.420. The van der Waals surface area contributed by atoms with Crippen LogP contribution >= 0.6 is 0 Å². The second kappa shape index (κ2) is 8.12. The minimum atomic E-state index is 0.420. The first-order valence-electron chi connectivity index (χ1n) is 9.04. The molecule has 1 N–H and O–H groups in total. The van der Waals surface area contributed by atoms with Crippen LogP contribution in [0.5, 0.6) is 5.75 Å². The Morgan fingerprint density at radius 1 is 0.966 bits per heavy atom. The fourth-order valence-electron chi connectivity index (χ4n) is 2.90. The van der Waals surface area contributed by atoms with Crippen LogP contribution in [0.25, 0.3) is 22.7 Å². The highest BCUT2D eigenvalue weighted by Gasteiger charge is 2.07. The molecule has 1 aromatic heterocycles. The van der Waals surface area contributed by atoms with E-state index in [9.17, 15) is 5.26 Å². The smallest absolute Gasteiger partial charge is 0.149 e. The number of hydrogen-bond acceptors (Lipinski definition) is 4. The number of rotatable bonds is 5. The topological polar surface area (TPSA) is 85.5 Å². The SMILES string of the molecule is N#CC(=Cc1ccc(OCc2ccc(C#N)cc2)cc1)c1nc2ccccc2[nH]1. The molecular formula is C24H16N4O. The van der Waals surface area contributed by atoms with Crippen molar-refractivity contribution < 1.29 is 4.74 Å². The van der Waals surface area contributed by atoms with Crippen LogP contribution in [0.3, 0.4) is 0 Å². The Morgan fingerprint density at radius 2 is 1.72 bits per heavy atom. The fourth-order valence-corrected chi connectivity index (χ4v) is 2.90. The molecule has 0 aliphatic heterocycles. The molecule has 138 valence electrons. The maximum Gasteiger partial charge on any atom is 0.149 e. The predicted octanol–water partition coefficient (Wildman–Crippen LogP) is 5.08. The Morgan fingerprint density at radius 3 is 2.41 bits per heavy atom. The lowest BCUT2D eigenvalue weighted by Gasteiger charge is -2.06. The summed E-state index contributed by atoms with van der Waals surface area (Å²) in [5.41, 5.74) is 4.69. The number of nitrogens with one attached hydrogen (secondary N) is 1. The molecule has 1 heterocycles. The van der Waals surface area contributed by atoms with Crippen LogP contribution in [0.15, 0.2) is 72.8 Å². The number of H-pyrrole nitrogens is 1. The maximum atomic E-state index is 9.55. The normalized spacial score (nSPS) is 11.0. The summed E-state index contributed by atoms with van der Waals surface area (Å²) in [6.45, 7) is 0.420. The highest BCUT2D eigenvalue weighted by atomic mass is 16.5. The third-order valence-corrected chi connectivity index (χ3v) is 4.44. The van der Waals surface area contributed by atoms with Gasteiger partial charge in [-0.05, 0) is 53.6 Å². The van der Waals surface area contributed by atoms with Gasteiger partial charge >= 0.3 is 0 Å². The van der Waals surface area contributed by atoms with Crippen molar-refractivity contribution in [3.8, 4) is 17.9 Å². The van der Waals surface area contributed by atoms with Crippen molar-refractivity contribution in [2.75, 3.05) is 0 Å². The van der Waals surface area contributed by atoms with Gasteiger partial charge in [-0.2, -0.15) is 10.5 Å². The number of hydrogen-bond donors (Lipinski definition) is 1. The summed E-state index contributed by atoms with van der Waals surface area (Å²) in [5.74, 6) is 1.28. The van der Waals surface area contributed by atoms with Gasteiger partial charge in [0.05, 0.1) is 28.2 Å². The Hall–Kier alpha value is -4.35. The molecular weight excluding hydrogens is 360 g/mol. The molecule has 0 saturated heterocycles. The van der Waals surface area contributed by atoms with Crippen molar-refractivity contribution in [2.45, 2.75) is 6.61 Å². The molecule has 5 nitrogen and oxygen atoms in total. The summed E-state index contributed by atoms with van der Waals surface area (Å²) >= 11 is 0. The average molecular weight is 376 g/mol. The number of para-hydroxylation sites is 2. The molecule has 0 spiro atoms. The van der Waals surface area contributed by atoms with Crippen molar-refractivity contribution in [2.24, 2.45) is 0 Å². The zero-order chi connectivity index (χ0) is 20.1. The Labute approximate surface area is 168 Å². The molecule has 0 bridgehead atoms. The molecule has 29 heavy (non-hydrogen) atoms. The van der Waals surface area contributed by atoms with Gasteiger partial charge in [-0.3, -0.25) is 0 Å². The van der Waals surface area contributed by atoms with Gasteiger partial charge in [-0.15, -0.1) is 0 Å².